The number of aliphatic hydroxyl groups is 1. The van der Waals surface area contributed by atoms with Crippen LogP contribution in [0.4, 0.5) is 13.2 Å². The van der Waals surface area contributed by atoms with Crippen LogP contribution in [-0.4, -0.2) is 86.6 Å². The van der Waals surface area contributed by atoms with Gasteiger partial charge in [-0.2, -0.15) is 5.26 Å². The van der Waals surface area contributed by atoms with Crippen molar-refractivity contribution in [3.05, 3.63) is 318 Å². The van der Waals surface area contributed by atoms with Crippen molar-refractivity contribution < 1.29 is 42.3 Å². The molecule has 0 fully saturated rings. The fourth-order valence-electron chi connectivity index (χ4n) is 11.7. The summed E-state index contributed by atoms with van der Waals surface area (Å²) in [5.41, 5.74) is 22.6. The van der Waals surface area contributed by atoms with E-state index in [0.29, 0.717) is 129 Å². The lowest BCUT2D eigenvalue weighted by Crippen LogP contribution is -2.23. The van der Waals surface area contributed by atoms with Crippen molar-refractivity contribution in [2.45, 2.75) is 38.9 Å². The van der Waals surface area contributed by atoms with Gasteiger partial charge in [-0.25, -0.2) is 28.1 Å². The predicted molar refractivity (Wildman–Crippen MR) is 400 cm³/mol. The Labute approximate surface area is 615 Å². The summed E-state index contributed by atoms with van der Waals surface area (Å²) >= 11 is 18.4. The molecule has 9 heterocycles. The zero-order chi connectivity index (χ0) is 74.7. The van der Waals surface area contributed by atoms with Crippen LogP contribution in [0.15, 0.2) is 201 Å². The maximum Gasteiger partial charge on any atom is 0.267 e. The van der Waals surface area contributed by atoms with Crippen molar-refractivity contribution in [2.24, 2.45) is 11.5 Å². The minimum atomic E-state index is -0.577. The molecule has 5 amide bonds. The van der Waals surface area contributed by atoms with Crippen molar-refractivity contribution >= 4 is 130 Å². The SMILES string of the molecule is CO.N#Cc1ccc2cc(Cc3cc(C(=O)NCc4cc5c(Cl)c[nH]c5cc4F)ccn3)ccc2n1.NC(=O)c1ccc2cc(Cc3cc(C(=O)NCc4cc5c(Cl)c[nH]c5cc4F)ccn3)ccc2n1.NC(=O)c1ccc2cc(Cc3cc(C(=O)NCc4cc5c(Cl)c[nH]c5cc4F)ccn3)ccc2n1. The Kier molecular flexibility index (Phi) is 22.4. The normalized spacial score (nSPS) is 10.9. The van der Waals surface area contributed by atoms with Gasteiger partial charge >= 0.3 is 0 Å². The molecule has 27 heteroatoms. The first-order chi connectivity index (χ1) is 51.2. The number of nitrogens with one attached hydrogen (secondary N) is 6. The van der Waals surface area contributed by atoms with Crippen LogP contribution in [0.3, 0.4) is 0 Å². The number of amides is 5. The number of nitriles is 1. The first-order valence-electron chi connectivity index (χ1n) is 32.4. The Bertz CT molecular complexity index is 5740. The van der Waals surface area contributed by atoms with Gasteiger partial charge in [-0.05, 0) is 150 Å². The second kappa shape index (κ2) is 32.6. The van der Waals surface area contributed by atoms with E-state index in [2.05, 4.69) is 60.8 Å². The topological polar surface area (TPSA) is 342 Å². The summed E-state index contributed by atoms with van der Waals surface area (Å²) < 4.78 is 43.2. The van der Waals surface area contributed by atoms with Gasteiger partial charge in [0.2, 0.25) is 0 Å². The number of fused-ring (bicyclic) bond motifs is 6. The van der Waals surface area contributed by atoms with Gasteiger partial charge < -0.3 is 47.5 Å². The Balaban J connectivity index is 0.000000147. The number of benzene rings is 6. The molecule has 11 N–H and O–H groups in total. The third kappa shape index (κ3) is 17.2. The molecule has 0 unspecified atom stereocenters. The molecule has 0 spiro atoms. The number of aromatic amines is 3. The van der Waals surface area contributed by atoms with Crippen molar-refractivity contribution in [1.82, 2.24) is 60.8 Å². The summed E-state index contributed by atoms with van der Waals surface area (Å²) in [6.07, 6.45) is 11.0. The second-order valence-corrected chi connectivity index (χ2v) is 25.3. The lowest BCUT2D eigenvalue weighted by atomic mass is 10.0. The number of aliphatic hydroxyl groups excluding tert-OH is 1. The fourth-order valence-corrected chi connectivity index (χ4v) is 12.3. The van der Waals surface area contributed by atoms with Crippen LogP contribution in [0.1, 0.15) is 108 Å². The number of primary amides is 2. The van der Waals surface area contributed by atoms with Crippen LogP contribution in [-0.2, 0) is 38.9 Å². The second-order valence-electron chi connectivity index (χ2n) is 24.1. The Hall–Kier alpha value is -12.9. The first kappa shape index (κ1) is 72.9. The highest BCUT2D eigenvalue weighted by Crippen LogP contribution is 2.30. The van der Waals surface area contributed by atoms with Crippen LogP contribution >= 0.6 is 34.8 Å². The molecule has 0 atom stereocenters. The summed E-state index contributed by atoms with van der Waals surface area (Å²) in [5.74, 6) is -3.44. The number of aromatic nitrogens is 9. The van der Waals surface area contributed by atoms with Gasteiger partial charge in [0.25, 0.3) is 29.5 Å². The number of halogens is 6. The number of nitrogens with zero attached hydrogens (tertiary/aromatic N) is 7. The number of carbonyl (C=O) groups excluding carboxylic acids is 5. The maximum absolute atomic E-state index is 14.4. The molecule has 0 aliphatic carbocycles. The maximum atomic E-state index is 14.4. The van der Waals surface area contributed by atoms with Crippen LogP contribution in [0, 0.1) is 28.8 Å². The lowest BCUT2D eigenvalue weighted by molar-refractivity contribution is 0.0942. The molecule has 21 nitrogen and oxygen atoms in total. The van der Waals surface area contributed by atoms with Crippen LogP contribution in [0.25, 0.3) is 65.4 Å². The smallest absolute Gasteiger partial charge is 0.267 e. The number of hydrogen-bond donors (Lipinski definition) is 9. The first-order valence-corrected chi connectivity index (χ1v) is 33.6. The molecular formula is C79H59Cl3F3N15O6. The molecule has 528 valence electrons. The molecule has 15 aromatic rings. The predicted octanol–water partition coefficient (Wildman–Crippen LogP) is 14.0. The van der Waals surface area contributed by atoms with E-state index < -0.39 is 29.3 Å². The van der Waals surface area contributed by atoms with Crippen molar-refractivity contribution in [1.29, 1.82) is 5.26 Å². The van der Waals surface area contributed by atoms with Crippen molar-refractivity contribution in [3.63, 3.8) is 0 Å². The largest absolute Gasteiger partial charge is 0.400 e. The third-order valence-electron chi connectivity index (χ3n) is 17.0. The highest BCUT2D eigenvalue weighted by molar-refractivity contribution is 6.36. The minimum Gasteiger partial charge on any atom is -0.400 e. The Morgan fingerprint density at radius 3 is 1.08 bits per heavy atom. The van der Waals surface area contributed by atoms with E-state index in [4.69, 9.17) is 56.6 Å². The van der Waals surface area contributed by atoms with E-state index in [9.17, 15) is 37.1 Å². The lowest BCUT2D eigenvalue weighted by Gasteiger charge is -2.09. The van der Waals surface area contributed by atoms with Crippen molar-refractivity contribution in [3.8, 4) is 6.07 Å². The molecule has 0 radical (unpaired) electrons. The number of H-pyrrole nitrogens is 3. The number of nitrogens with two attached hydrogens (primary N) is 2. The molecule has 0 saturated heterocycles. The van der Waals surface area contributed by atoms with Crippen LogP contribution in [0.5, 0.6) is 0 Å². The Morgan fingerprint density at radius 1 is 0.434 bits per heavy atom. The van der Waals surface area contributed by atoms with E-state index in [1.165, 1.54) is 18.2 Å². The Morgan fingerprint density at radius 2 is 0.755 bits per heavy atom. The highest BCUT2D eigenvalue weighted by atomic mass is 35.5. The fraction of sp³-hybridized carbons (Fsp3) is 0.0886. The third-order valence-corrected chi connectivity index (χ3v) is 17.9. The molecule has 15 rings (SSSR count). The average Bonchev–Trinajstić information content (AvgIpc) is 1.78. The quantitative estimate of drug-likeness (QED) is 0.0410. The monoisotopic (exact) mass is 1480 g/mol. The molecule has 9 aromatic heterocycles. The van der Waals surface area contributed by atoms with Gasteiger partial charge in [0, 0.05) is 183 Å². The minimum absolute atomic E-state index is 0.0186. The van der Waals surface area contributed by atoms with Gasteiger partial charge in [0.1, 0.15) is 40.6 Å². The summed E-state index contributed by atoms with van der Waals surface area (Å²) in [4.78, 5) is 95.5. The van der Waals surface area contributed by atoms with Gasteiger partial charge in [0.15, 0.2) is 0 Å². The number of pyridine rings is 6. The summed E-state index contributed by atoms with van der Waals surface area (Å²) in [7, 11) is 1.00. The molecule has 0 bridgehead atoms. The summed E-state index contributed by atoms with van der Waals surface area (Å²) in [6.45, 7) is 0.0671. The highest BCUT2D eigenvalue weighted by Gasteiger charge is 2.18. The zero-order valence-electron chi connectivity index (χ0n) is 55.8. The van der Waals surface area contributed by atoms with E-state index in [-0.39, 0.29) is 48.7 Å². The molecule has 6 aromatic carbocycles. The van der Waals surface area contributed by atoms with Gasteiger partial charge in [-0.1, -0.05) is 65.1 Å². The van der Waals surface area contributed by atoms with Gasteiger partial charge in [-0.3, -0.25) is 38.9 Å². The molecule has 0 saturated carbocycles. The van der Waals surface area contributed by atoms with Gasteiger partial charge in [-0.15, -0.1) is 0 Å². The molecule has 0 aliphatic heterocycles. The van der Waals surface area contributed by atoms with E-state index in [1.54, 1.807) is 122 Å². The molecular weight excluding hydrogens is 1420 g/mol. The van der Waals surface area contributed by atoms with E-state index in [1.807, 2.05) is 66.7 Å². The van der Waals surface area contributed by atoms with Gasteiger partial charge in [0.05, 0.1) is 31.6 Å². The van der Waals surface area contributed by atoms with Crippen LogP contribution < -0.4 is 27.4 Å². The average molecular weight is 1480 g/mol. The van der Waals surface area contributed by atoms with Crippen LogP contribution in [0.2, 0.25) is 15.1 Å². The number of rotatable bonds is 17. The van der Waals surface area contributed by atoms with E-state index >= 15 is 0 Å². The number of carbonyl (C=O) groups is 5. The number of hydrogen-bond acceptors (Lipinski definition) is 13. The summed E-state index contributed by atoms with van der Waals surface area (Å²) in [6, 6.07) is 48.4. The molecule has 0 aliphatic rings. The standard InChI is InChI=1S/2C26H19ClFN5O2.C26H17ClFN5O.CH4O/c2*27-20-13-31-24-11-21(28)17(10-19(20)24)12-32-26(35)16-5-6-30-18(9-16)8-14-1-3-22-15(7-14)2-4-23(33-22)25(29)34;27-22-14-31-25-11-23(28)18(10-21(22)25)13-32-26(34)17-5-6-30-20(9-17)8-15-1-4-24-16(7-15)2-3-19(12-29)33-24;1-2/h2*1-7,9-11,13,31H,8,12H2,(H2,29,34)(H,32,35);1-7,9-11,14,31H,8,13H2,(H,32,34);2H,1H3. The van der Waals surface area contributed by atoms with Crippen molar-refractivity contribution in [2.75, 3.05) is 7.11 Å². The molecule has 106 heavy (non-hydrogen) atoms. The van der Waals surface area contributed by atoms with E-state index in [0.717, 1.165) is 51.2 Å². The zero-order valence-corrected chi connectivity index (χ0v) is 58.1. The summed E-state index contributed by atoms with van der Waals surface area (Å²) in [5, 5.41) is 30.5.